The molecule has 1 heterocycles. The van der Waals surface area contributed by atoms with Gasteiger partial charge in [0.2, 0.25) is 0 Å². The number of aromatic nitrogens is 1. The second kappa shape index (κ2) is 9.22. The number of hydrogen-bond acceptors (Lipinski definition) is 5. The first-order valence-corrected chi connectivity index (χ1v) is 9.66. The highest BCUT2D eigenvalue weighted by molar-refractivity contribution is 6.31. The Bertz CT molecular complexity index is 915. The Morgan fingerprint density at radius 2 is 1.93 bits per heavy atom. The summed E-state index contributed by atoms with van der Waals surface area (Å²) in [6.45, 7) is 4.36. The van der Waals surface area contributed by atoms with Crippen LogP contribution in [0.15, 0.2) is 36.4 Å². The molecule has 0 aliphatic carbocycles. The summed E-state index contributed by atoms with van der Waals surface area (Å²) in [5.74, 6) is 0.806. The number of rotatable bonds is 9. The predicted octanol–water partition coefficient (Wildman–Crippen LogP) is 4.21. The number of fused-ring (bicyclic) bond motifs is 2. The number of hydrogen-bond donors (Lipinski definition) is 3. The zero-order valence-corrected chi connectivity index (χ0v) is 16.5. The smallest absolute Gasteiger partial charge is 0.119 e. The minimum Gasteiger partial charge on any atom is -0.497 e. The van der Waals surface area contributed by atoms with Gasteiger partial charge in [0.05, 0.1) is 29.9 Å². The number of aliphatic hydroxyl groups is 1. The molecule has 6 heteroatoms. The van der Waals surface area contributed by atoms with Crippen molar-refractivity contribution in [2.75, 3.05) is 32.1 Å². The van der Waals surface area contributed by atoms with Crippen molar-refractivity contribution in [2.45, 2.75) is 25.9 Å². The van der Waals surface area contributed by atoms with Gasteiger partial charge < -0.3 is 20.5 Å². The molecule has 0 bridgehead atoms. The van der Waals surface area contributed by atoms with Crippen molar-refractivity contribution in [3.8, 4) is 5.75 Å². The summed E-state index contributed by atoms with van der Waals surface area (Å²) in [5, 5.41) is 19.0. The lowest BCUT2D eigenvalue weighted by atomic mass is 10.1. The van der Waals surface area contributed by atoms with Crippen LogP contribution in [0.1, 0.15) is 19.8 Å². The van der Waals surface area contributed by atoms with Gasteiger partial charge in [0.15, 0.2) is 0 Å². The first kappa shape index (κ1) is 19.7. The number of halogens is 1. The van der Waals surface area contributed by atoms with Crippen LogP contribution < -0.4 is 15.4 Å². The fourth-order valence-electron chi connectivity index (χ4n) is 3.08. The van der Waals surface area contributed by atoms with E-state index < -0.39 is 0 Å². The van der Waals surface area contributed by atoms with Crippen molar-refractivity contribution < 1.29 is 9.84 Å². The molecule has 1 unspecified atom stereocenters. The van der Waals surface area contributed by atoms with E-state index in [-0.39, 0.29) is 6.10 Å². The van der Waals surface area contributed by atoms with Crippen LogP contribution in [0.3, 0.4) is 0 Å². The molecule has 0 aliphatic rings. The Hall–Kier alpha value is -2.08. The van der Waals surface area contributed by atoms with Gasteiger partial charge >= 0.3 is 0 Å². The van der Waals surface area contributed by atoms with Gasteiger partial charge in [-0.25, -0.2) is 4.98 Å². The largest absolute Gasteiger partial charge is 0.497 e. The molecule has 1 aromatic heterocycles. The second-order valence-corrected chi connectivity index (χ2v) is 7.14. The third-order valence-corrected chi connectivity index (χ3v) is 4.75. The molecule has 3 aromatic rings. The highest BCUT2D eigenvalue weighted by atomic mass is 35.5. The third-order valence-electron chi connectivity index (χ3n) is 4.51. The predicted molar refractivity (Wildman–Crippen MR) is 113 cm³/mol. The van der Waals surface area contributed by atoms with Crippen LogP contribution in [-0.4, -0.2) is 42.9 Å². The van der Waals surface area contributed by atoms with E-state index in [1.807, 2.05) is 43.3 Å². The van der Waals surface area contributed by atoms with Crippen molar-refractivity contribution in [1.29, 1.82) is 0 Å². The van der Waals surface area contributed by atoms with Gasteiger partial charge in [-0.1, -0.05) is 11.6 Å². The first-order chi connectivity index (χ1) is 13.1. The van der Waals surface area contributed by atoms with E-state index in [9.17, 15) is 5.11 Å². The van der Waals surface area contributed by atoms with Gasteiger partial charge in [0, 0.05) is 22.3 Å². The summed E-state index contributed by atoms with van der Waals surface area (Å²) >= 11 is 6.16. The van der Waals surface area contributed by atoms with Crippen LogP contribution >= 0.6 is 11.6 Å². The average molecular weight is 388 g/mol. The SMILES string of the molecule is COc1ccc2nc3cc(Cl)ccc3c(NCCCNCCC(C)O)c2c1. The normalized spacial score (nSPS) is 12.4. The van der Waals surface area contributed by atoms with Gasteiger partial charge in [-0.15, -0.1) is 0 Å². The molecular formula is C21H26ClN3O2. The third kappa shape index (κ3) is 5.01. The van der Waals surface area contributed by atoms with Crippen LogP contribution in [-0.2, 0) is 0 Å². The molecule has 3 N–H and O–H groups in total. The summed E-state index contributed by atoms with van der Waals surface area (Å²) in [7, 11) is 1.67. The molecule has 0 radical (unpaired) electrons. The quantitative estimate of drug-likeness (QED) is 0.379. The Morgan fingerprint density at radius 3 is 2.70 bits per heavy atom. The summed E-state index contributed by atoms with van der Waals surface area (Å²) < 4.78 is 5.39. The van der Waals surface area contributed by atoms with Crippen molar-refractivity contribution in [2.24, 2.45) is 0 Å². The fraction of sp³-hybridized carbons (Fsp3) is 0.381. The van der Waals surface area contributed by atoms with E-state index in [2.05, 4.69) is 10.6 Å². The lowest BCUT2D eigenvalue weighted by Gasteiger charge is -2.14. The van der Waals surface area contributed by atoms with Gasteiger partial charge in [0.25, 0.3) is 0 Å². The first-order valence-electron chi connectivity index (χ1n) is 9.28. The minimum atomic E-state index is -0.257. The average Bonchev–Trinajstić information content (AvgIpc) is 2.65. The molecule has 3 rings (SSSR count). The molecule has 5 nitrogen and oxygen atoms in total. The van der Waals surface area contributed by atoms with E-state index >= 15 is 0 Å². The summed E-state index contributed by atoms with van der Waals surface area (Å²) in [5.41, 5.74) is 2.83. The Labute approximate surface area is 164 Å². The maximum absolute atomic E-state index is 9.29. The fourth-order valence-corrected chi connectivity index (χ4v) is 3.24. The van der Waals surface area contributed by atoms with E-state index in [1.165, 1.54) is 0 Å². The van der Waals surface area contributed by atoms with Crippen molar-refractivity contribution in [3.63, 3.8) is 0 Å². The molecule has 0 saturated carbocycles. The molecule has 144 valence electrons. The van der Waals surface area contributed by atoms with Crippen molar-refractivity contribution in [3.05, 3.63) is 41.4 Å². The van der Waals surface area contributed by atoms with Crippen LogP contribution in [0.2, 0.25) is 5.02 Å². The van der Waals surface area contributed by atoms with E-state index in [0.717, 1.165) is 65.7 Å². The summed E-state index contributed by atoms with van der Waals surface area (Å²) in [6, 6.07) is 11.7. The lowest BCUT2D eigenvalue weighted by Crippen LogP contribution is -2.22. The Balaban J connectivity index is 1.80. The number of methoxy groups -OCH3 is 1. The summed E-state index contributed by atoms with van der Waals surface area (Å²) in [4.78, 5) is 4.74. The zero-order valence-electron chi connectivity index (χ0n) is 15.8. The molecule has 0 aliphatic heterocycles. The monoisotopic (exact) mass is 387 g/mol. The number of nitrogens with zero attached hydrogens (tertiary/aromatic N) is 1. The van der Waals surface area contributed by atoms with Crippen LogP contribution in [0, 0.1) is 0 Å². The molecule has 27 heavy (non-hydrogen) atoms. The topological polar surface area (TPSA) is 66.4 Å². The molecular weight excluding hydrogens is 362 g/mol. The molecule has 0 spiro atoms. The molecule has 2 aromatic carbocycles. The summed E-state index contributed by atoms with van der Waals surface area (Å²) in [6.07, 6.45) is 1.49. The van der Waals surface area contributed by atoms with Crippen LogP contribution in [0.4, 0.5) is 5.69 Å². The van der Waals surface area contributed by atoms with Gasteiger partial charge in [-0.3, -0.25) is 0 Å². The number of pyridine rings is 1. The van der Waals surface area contributed by atoms with Crippen LogP contribution in [0.5, 0.6) is 5.75 Å². The van der Waals surface area contributed by atoms with Crippen molar-refractivity contribution >= 4 is 39.1 Å². The number of anilines is 1. The zero-order chi connectivity index (χ0) is 19.2. The van der Waals surface area contributed by atoms with E-state index in [0.29, 0.717) is 5.02 Å². The van der Waals surface area contributed by atoms with Gasteiger partial charge in [0.1, 0.15) is 5.75 Å². The Morgan fingerprint density at radius 1 is 1.07 bits per heavy atom. The minimum absolute atomic E-state index is 0.257. The highest BCUT2D eigenvalue weighted by Crippen LogP contribution is 2.34. The van der Waals surface area contributed by atoms with Gasteiger partial charge in [-0.2, -0.15) is 0 Å². The number of aliphatic hydroxyl groups excluding tert-OH is 1. The molecule has 0 fully saturated rings. The molecule has 0 amide bonds. The molecule has 0 saturated heterocycles. The van der Waals surface area contributed by atoms with E-state index in [4.69, 9.17) is 21.3 Å². The number of benzene rings is 2. The highest BCUT2D eigenvalue weighted by Gasteiger charge is 2.10. The molecule has 1 atom stereocenters. The van der Waals surface area contributed by atoms with Gasteiger partial charge in [-0.05, 0) is 69.3 Å². The lowest BCUT2D eigenvalue weighted by molar-refractivity contribution is 0.184. The maximum Gasteiger partial charge on any atom is 0.119 e. The number of ether oxygens (including phenoxy) is 1. The van der Waals surface area contributed by atoms with Crippen molar-refractivity contribution in [1.82, 2.24) is 10.3 Å². The second-order valence-electron chi connectivity index (χ2n) is 6.70. The number of nitrogens with one attached hydrogen (secondary N) is 2. The van der Waals surface area contributed by atoms with E-state index in [1.54, 1.807) is 7.11 Å². The Kier molecular flexibility index (Phi) is 6.72. The standard InChI is InChI=1S/C21H26ClN3O2/c1-14(26)8-11-23-9-3-10-24-21-17-6-4-15(22)12-20(17)25-19-7-5-16(27-2)13-18(19)21/h4-7,12-14,23,26H,3,8-11H2,1-2H3,(H,24,25). The maximum atomic E-state index is 9.29. The van der Waals surface area contributed by atoms with Crippen LogP contribution in [0.25, 0.3) is 21.8 Å².